The number of halogens is 6. The lowest BCUT2D eigenvalue weighted by molar-refractivity contribution is -0.143. The van der Waals surface area contributed by atoms with Gasteiger partial charge in [0.05, 0.1) is 35.3 Å². The molecule has 0 radical (unpaired) electrons. The lowest BCUT2D eigenvalue weighted by Gasteiger charge is -2.47. The molecule has 2 heterocycles. The van der Waals surface area contributed by atoms with Gasteiger partial charge < -0.3 is 20.3 Å². The molecule has 216 valence electrons. The van der Waals surface area contributed by atoms with Crippen molar-refractivity contribution in [3.63, 3.8) is 0 Å². The van der Waals surface area contributed by atoms with Crippen LogP contribution in [0, 0.1) is 0 Å². The highest BCUT2D eigenvalue weighted by Crippen LogP contribution is 2.38. The topological polar surface area (TPSA) is 84.6 Å². The Bertz CT molecular complexity index is 1080. The van der Waals surface area contributed by atoms with Crippen molar-refractivity contribution in [1.29, 1.82) is 0 Å². The molecule has 2 N–H and O–H groups in total. The number of carbonyl (C=O) groups excluding carboxylic acids is 1. The maximum atomic E-state index is 13.5. The van der Waals surface area contributed by atoms with Gasteiger partial charge in [-0.3, -0.25) is 0 Å². The van der Waals surface area contributed by atoms with Gasteiger partial charge >= 0.3 is 18.4 Å². The van der Waals surface area contributed by atoms with E-state index in [9.17, 15) is 31.1 Å². The van der Waals surface area contributed by atoms with Gasteiger partial charge in [-0.25, -0.2) is 14.8 Å². The lowest BCUT2D eigenvalue weighted by Crippen LogP contribution is -2.57. The Morgan fingerprint density at radius 2 is 1.49 bits per heavy atom. The van der Waals surface area contributed by atoms with E-state index in [-0.39, 0.29) is 48.0 Å². The summed E-state index contributed by atoms with van der Waals surface area (Å²) in [7, 11) is 0. The van der Waals surface area contributed by atoms with E-state index in [1.165, 1.54) is 12.4 Å². The molecular formula is C26H33F6N5O2. The molecular weight excluding hydrogens is 528 g/mol. The first-order valence-corrected chi connectivity index (χ1v) is 12.7. The van der Waals surface area contributed by atoms with Crippen molar-refractivity contribution in [2.75, 3.05) is 10.6 Å². The number of nitrogens with zero attached hydrogens (tertiary/aromatic N) is 4. The van der Waals surface area contributed by atoms with Crippen LogP contribution in [0.25, 0.3) is 0 Å². The van der Waals surface area contributed by atoms with Gasteiger partial charge in [-0.15, -0.1) is 0 Å². The maximum absolute atomic E-state index is 13.5. The number of aromatic nitrogens is 2. The summed E-state index contributed by atoms with van der Waals surface area (Å²) in [6.45, 7) is 6.99. The third kappa shape index (κ3) is 7.45. The summed E-state index contributed by atoms with van der Waals surface area (Å²) in [6.07, 6.45) is -6.16. The van der Waals surface area contributed by atoms with Gasteiger partial charge in [0.25, 0.3) is 0 Å². The number of ether oxygens (including phenoxy) is 1. The van der Waals surface area contributed by atoms with Crippen LogP contribution in [0.15, 0.2) is 30.6 Å². The molecule has 7 nitrogen and oxygen atoms in total. The number of piperidine rings is 1. The van der Waals surface area contributed by atoms with Gasteiger partial charge in [-0.1, -0.05) is 13.8 Å². The molecule has 3 rings (SSSR count). The largest absolute Gasteiger partial charge is 0.447 e. The maximum Gasteiger partial charge on any atom is 0.416 e. The van der Waals surface area contributed by atoms with Crippen molar-refractivity contribution in [3.8, 4) is 0 Å². The van der Waals surface area contributed by atoms with Crippen LogP contribution in [-0.4, -0.2) is 45.2 Å². The average molecular weight is 562 g/mol. The van der Waals surface area contributed by atoms with Gasteiger partial charge in [0.1, 0.15) is 0 Å². The van der Waals surface area contributed by atoms with Crippen LogP contribution in [0.1, 0.15) is 70.1 Å². The van der Waals surface area contributed by atoms with Crippen LogP contribution in [0.3, 0.4) is 0 Å². The third-order valence-corrected chi connectivity index (χ3v) is 6.72. The van der Waals surface area contributed by atoms with E-state index in [1.807, 2.05) is 13.8 Å². The molecule has 2 aromatic rings. The zero-order chi connectivity index (χ0) is 29.1. The number of amides is 1. The molecule has 0 saturated carbocycles. The number of anilines is 2. The predicted molar refractivity (Wildman–Crippen MR) is 134 cm³/mol. The fraction of sp³-hybridized carbons (Fsp3) is 0.577. The summed E-state index contributed by atoms with van der Waals surface area (Å²) in [5, 5.41) is 0. The molecule has 1 aliphatic rings. The van der Waals surface area contributed by atoms with Gasteiger partial charge in [-0.2, -0.15) is 26.3 Å². The molecule has 1 aromatic heterocycles. The average Bonchev–Trinajstić information content (AvgIpc) is 2.85. The molecule has 39 heavy (non-hydrogen) atoms. The van der Waals surface area contributed by atoms with E-state index in [1.54, 1.807) is 23.6 Å². The number of rotatable bonds is 7. The zero-order valence-electron chi connectivity index (χ0n) is 22.2. The molecule has 1 aromatic carbocycles. The lowest BCUT2D eigenvalue weighted by atomic mass is 9.87. The highest BCUT2D eigenvalue weighted by molar-refractivity contribution is 5.69. The molecule has 0 spiro atoms. The van der Waals surface area contributed by atoms with Crippen LogP contribution < -0.4 is 10.6 Å². The first-order valence-electron chi connectivity index (χ1n) is 12.7. The standard InChI is InChI=1S/C26H33F6N5O2/c1-5-20-10-22(11-21(6-2)37(20)24(38)39-15(3)4)36(23-34-12-19(33)13-35-23)14-16-7-17(25(27,28)29)9-18(8-16)26(30,31)32/h7-9,12-13,15,20-22H,5-6,10-11,14,33H2,1-4H3/t20-,21+,22+. The van der Waals surface area contributed by atoms with Gasteiger partial charge in [0, 0.05) is 24.7 Å². The first kappa shape index (κ1) is 30.3. The van der Waals surface area contributed by atoms with Gasteiger partial charge in [0.15, 0.2) is 0 Å². The Hall–Kier alpha value is -3.25. The number of hydrogen-bond donors (Lipinski definition) is 1. The minimum atomic E-state index is -4.97. The SMILES string of the molecule is CC[C@@H]1C[C@H](N(Cc2cc(C(F)(F)F)cc(C(F)(F)F)c2)c2ncc(N)cn2)C[C@H](CC)N1C(=O)OC(C)C. The molecule has 0 aliphatic carbocycles. The summed E-state index contributed by atoms with van der Waals surface area (Å²) >= 11 is 0. The number of alkyl halides is 6. The Labute approximate surface area is 223 Å². The number of hydrogen-bond acceptors (Lipinski definition) is 6. The molecule has 1 saturated heterocycles. The molecule has 13 heteroatoms. The van der Waals surface area contributed by atoms with Crippen LogP contribution in [0.2, 0.25) is 0 Å². The molecule has 1 amide bonds. The van der Waals surface area contributed by atoms with Gasteiger partial charge in [0.2, 0.25) is 5.95 Å². The smallest absolute Gasteiger partial charge is 0.416 e. The Kier molecular flexibility index (Phi) is 9.22. The van der Waals surface area contributed by atoms with E-state index in [0.29, 0.717) is 37.8 Å². The second kappa shape index (κ2) is 11.9. The quantitative estimate of drug-likeness (QED) is 0.380. The number of nitrogens with two attached hydrogens (primary N) is 1. The molecule has 1 aliphatic heterocycles. The van der Waals surface area contributed by atoms with Crippen molar-refractivity contribution >= 4 is 17.7 Å². The molecule has 0 unspecified atom stereocenters. The van der Waals surface area contributed by atoms with E-state index in [0.717, 1.165) is 0 Å². The summed E-state index contributed by atoms with van der Waals surface area (Å²) in [5.41, 5.74) is 2.99. The van der Waals surface area contributed by atoms with Crippen LogP contribution in [-0.2, 0) is 23.6 Å². The van der Waals surface area contributed by atoms with E-state index in [2.05, 4.69) is 9.97 Å². The summed E-state index contributed by atoms with van der Waals surface area (Å²) in [6, 6.07) is 0.585. The Morgan fingerprint density at radius 3 is 1.90 bits per heavy atom. The highest BCUT2D eigenvalue weighted by atomic mass is 19.4. The fourth-order valence-electron chi connectivity index (χ4n) is 4.94. The van der Waals surface area contributed by atoms with Crippen molar-refractivity contribution in [2.45, 2.75) is 96.5 Å². The van der Waals surface area contributed by atoms with E-state index >= 15 is 0 Å². The van der Waals surface area contributed by atoms with E-state index < -0.39 is 35.6 Å². The molecule has 0 bridgehead atoms. The van der Waals surface area contributed by atoms with Gasteiger partial charge in [-0.05, 0) is 63.3 Å². The van der Waals surface area contributed by atoms with Crippen molar-refractivity contribution < 1.29 is 35.9 Å². The third-order valence-electron chi connectivity index (χ3n) is 6.72. The number of likely N-dealkylation sites (tertiary alicyclic amines) is 1. The number of carbonyl (C=O) groups is 1. The summed E-state index contributed by atoms with van der Waals surface area (Å²) in [4.78, 5) is 24.7. The van der Waals surface area contributed by atoms with Crippen LogP contribution in [0.4, 0.5) is 42.8 Å². The van der Waals surface area contributed by atoms with Crippen molar-refractivity contribution in [2.24, 2.45) is 0 Å². The predicted octanol–water partition coefficient (Wildman–Crippen LogP) is 6.67. The Morgan fingerprint density at radius 1 is 1.00 bits per heavy atom. The zero-order valence-corrected chi connectivity index (χ0v) is 22.2. The monoisotopic (exact) mass is 561 g/mol. The summed E-state index contributed by atoms with van der Waals surface area (Å²) < 4.78 is 86.6. The minimum absolute atomic E-state index is 0.104. The van der Waals surface area contributed by atoms with Crippen LogP contribution >= 0.6 is 0 Å². The molecule has 3 atom stereocenters. The first-order chi connectivity index (χ1) is 18.1. The fourth-order valence-corrected chi connectivity index (χ4v) is 4.94. The number of benzene rings is 1. The second-order valence-electron chi connectivity index (χ2n) is 9.95. The minimum Gasteiger partial charge on any atom is -0.447 e. The van der Waals surface area contributed by atoms with Crippen molar-refractivity contribution in [3.05, 3.63) is 47.3 Å². The number of nitrogen functional groups attached to an aromatic ring is 1. The van der Waals surface area contributed by atoms with Crippen LogP contribution in [0.5, 0.6) is 0 Å². The molecule has 1 fully saturated rings. The second-order valence-corrected chi connectivity index (χ2v) is 9.95. The highest BCUT2D eigenvalue weighted by Gasteiger charge is 2.41. The van der Waals surface area contributed by atoms with E-state index in [4.69, 9.17) is 10.5 Å². The Balaban J connectivity index is 2.05. The normalized spacial score (nSPS) is 20.3. The summed E-state index contributed by atoms with van der Waals surface area (Å²) in [5.74, 6) is 0.114. The van der Waals surface area contributed by atoms with Crippen molar-refractivity contribution in [1.82, 2.24) is 14.9 Å².